The zero-order valence-electron chi connectivity index (χ0n) is 11.2. The van der Waals surface area contributed by atoms with Crippen LogP contribution < -0.4 is 14.2 Å². The number of hydrogen-bond acceptors (Lipinski definition) is 4. The summed E-state index contributed by atoms with van der Waals surface area (Å²) in [5.41, 5.74) is 0. The fraction of sp³-hybridized carbons (Fsp3) is 0.267. The number of methoxy groups -OCH3 is 1. The lowest BCUT2D eigenvalue weighted by Gasteiger charge is -2.15. The van der Waals surface area contributed by atoms with E-state index in [1.165, 1.54) is 6.92 Å². The number of esters is 1. The maximum atomic E-state index is 11.2. The van der Waals surface area contributed by atoms with Gasteiger partial charge in [0.2, 0.25) is 0 Å². The Kier molecular flexibility index (Phi) is 3.90. The summed E-state index contributed by atoms with van der Waals surface area (Å²) in [6, 6.07) is 9.26. The molecule has 0 bridgehead atoms. The molecule has 0 saturated heterocycles. The summed E-state index contributed by atoms with van der Waals surface area (Å²) in [4.78, 5) is 11.2. The first-order valence-electron chi connectivity index (χ1n) is 6.08. The highest BCUT2D eigenvalue weighted by molar-refractivity contribution is 5.96. The molecule has 0 amide bonds. The van der Waals surface area contributed by atoms with Crippen LogP contribution in [-0.4, -0.2) is 19.7 Å². The molecule has 4 heteroatoms. The van der Waals surface area contributed by atoms with Gasteiger partial charge in [-0.15, -0.1) is 0 Å². The zero-order chi connectivity index (χ0) is 13.8. The van der Waals surface area contributed by atoms with Gasteiger partial charge < -0.3 is 14.2 Å². The number of hydrogen-bond donors (Lipinski definition) is 0. The van der Waals surface area contributed by atoms with Crippen molar-refractivity contribution in [3.63, 3.8) is 0 Å². The average molecular weight is 260 g/mol. The Bertz CT molecular complexity index is 604. The highest BCUT2D eigenvalue weighted by Crippen LogP contribution is 2.41. The summed E-state index contributed by atoms with van der Waals surface area (Å²) >= 11 is 0. The predicted octanol–water partition coefficient (Wildman–Crippen LogP) is 3.17. The van der Waals surface area contributed by atoms with Gasteiger partial charge >= 0.3 is 5.97 Å². The molecule has 0 radical (unpaired) electrons. The standard InChI is InChI=1S/C15H16O4/c1-4-18-15-12-8-6-5-7-11(12)13(19-10(2)16)9-14(15)17-3/h5-9H,4H2,1-3H3. The third-order valence-corrected chi connectivity index (χ3v) is 2.69. The monoisotopic (exact) mass is 260 g/mol. The highest BCUT2D eigenvalue weighted by Gasteiger charge is 2.15. The van der Waals surface area contributed by atoms with E-state index in [1.54, 1.807) is 13.2 Å². The Morgan fingerprint density at radius 2 is 1.84 bits per heavy atom. The van der Waals surface area contributed by atoms with Crippen LogP contribution in [0, 0.1) is 0 Å². The van der Waals surface area contributed by atoms with Gasteiger partial charge in [-0.3, -0.25) is 4.79 Å². The molecule has 0 aromatic heterocycles. The molecule has 100 valence electrons. The quantitative estimate of drug-likeness (QED) is 0.625. The van der Waals surface area contributed by atoms with Gasteiger partial charge in [0.25, 0.3) is 0 Å². The Morgan fingerprint density at radius 3 is 2.42 bits per heavy atom. The molecule has 0 unspecified atom stereocenters. The molecule has 0 saturated carbocycles. The van der Waals surface area contributed by atoms with Gasteiger partial charge in [0, 0.05) is 23.8 Å². The lowest BCUT2D eigenvalue weighted by molar-refractivity contribution is -0.131. The molecule has 0 spiro atoms. The molecular weight excluding hydrogens is 244 g/mol. The van der Waals surface area contributed by atoms with Crippen molar-refractivity contribution in [1.82, 2.24) is 0 Å². The normalized spacial score (nSPS) is 10.3. The second-order valence-corrected chi connectivity index (χ2v) is 3.98. The van der Waals surface area contributed by atoms with E-state index in [0.717, 1.165) is 10.8 Å². The summed E-state index contributed by atoms with van der Waals surface area (Å²) < 4.78 is 16.2. The van der Waals surface area contributed by atoms with Gasteiger partial charge in [0.1, 0.15) is 5.75 Å². The van der Waals surface area contributed by atoms with Crippen LogP contribution >= 0.6 is 0 Å². The summed E-state index contributed by atoms with van der Waals surface area (Å²) in [5, 5.41) is 1.68. The first-order valence-corrected chi connectivity index (χ1v) is 6.08. The van der Waals surface area contributed by atoms with Crippen molar-refractivity contribution < 1.29 is 19.0 Å². The molecule has 0 aliphatic heterocycles. The molecule has 0 aliphatic rings. The van der Waals surface area contributed by atoms with Gasteiger partial charge in [-0.05, 0) is 6.92 Å². The smallest absolute Gasteiger partial charge is 0.308 e. The molecule has 0 heterocycles. The van der Waals surface area contributed by atoms with Gasteiger partial charge in [-0.2, -0.15) is 0 Å². The van der Waals surface area contributed by atoms with Crippen molar-refractivity contribution in [2.24, 2.45) is 0 Å². The van der Waals surface area contributed by atoms with Gasteiger partial charge in [0.15, 0.2) is 11.5 Å². The van der Waals surface area contributed by atoms with Crippen molar-refractivity contribution in [2.45, 2.75) is 13.8 Å². The zero-order valence-corrected chi connectivity index (χ0v) is 11.2. The van der Waals surface area contributed by atoms with Crippen molar-refractivity contribution in [3.05, 3.63) is 30.3 Å². The highest BCUT2D eigenvalue weighted by atomic mass is 16.5. The second-order valence-electron chi connectivity index (χ2n) is 3.98. The van der Waals surface area contributed by atoms with Crippen molar-refractivity contribution in [3.8, 4) is 17.2 Å². The van der Waals surface area contributed by atoms with E-state index in [2.05, 4.69) is 0 Å². The number of ether oxygens (including phenoxy) is 3. The van der Waals surface area contributed by atoms with E-state index < -0.39 is 0 Å². The van der Waals surface area contributed by atoms with Crippen LogP contribution in [0.15, 0.2) is 30.3 Å². The Hall–Kier alpha value is -2.23. The van der Waals surface area contributed by atoms with E-state index in [9.17, 15) is 4.79 Å². The Labute approximate surface area is 111 Å². The molecule has 0 N–H and O–H groups in total. The van der Waals surface area contributed by atoms with Crippen LogP contribution in [-0.2, 0) is 4.79 Å². The molecule has 4 nitrogen and oxygen atoms in total. The molecule has 2 aromatic rings. The Morgan fingerprint density at radius 1 is 1.16 bits per heavy atom. The van der Waals surface area contributed by atoms with Gasteiger partial charge in [0.05, 0.1) is 13.7 Å². The van der Waals surface area contributed by atoms with Crippen LogP contribution in [0.2, 0.25) is 0 Å². The lowest BCUT2D eigenvalue weighted by Crippen LogP contribution is -2.03. The molecule has 0 fully saturated rings. The van der Waals surface area contributed by atoms with Crippen LogP contribution in [0.4, 0.5) is 0 Å². The van der Waals surface area contributed by atoms with Crippen molar-refractivity contribution in [2.75, 3.05) is 13.7 Å². The van der Waals surface area contributed by atoms with Gasteiger partial charge in [-0.25, -0.2) is 0 Å². The first-order chi connectivity index (χ1) is 9.17. The number of benzene rings is 2. The third kappa shape index (κ3) is 2.62. The molecule has 2 rings (SSSR count). The van der Waals surface area contributed by atoms with E-state index in [-0.39, 0.29) is 5.97 Å². The third-order valence-electron chi connectivity index (χ3n) is 2.69. The van der Waals surface area contributed by atoms with Crippen molar-refractivity contribution in [1.29, 1.82) is 0 Å². The minimum absolute atomic E-state index is 0.364. The summed E-state index contributed by atoms with van der Waals surface area (Å²) in [6.07, 6.45) is 0. The Balaban J connectivity index is 2.70. The number of carbonyl (C=O) groups excluding carboxylic acids is 1. The van der Waals surface area contributed by atoms with E-state index >= 15 is 0 Å². The van der Waals surface area contributed by atoms with Crippen LogP contribution in [0.25, 0.3) is 10.8 Å². The SMILES string of the molecule is CCOc1c(OC)cc(OC(C)=O)c2ccccc12. The first kappa shape index (κ1) is 13.2. The molecule has 0 atom stereocenters. The summed E-state index contributed by atoms with van der Waals surface area (Å²) in [6.45, 7) is 3.82. The summed E-state index contributed by atoms with van der Waals surface area (Å²) in [5.74, 6) is 1.33. The fourth-order valence-electron chi connectivity index (χ4n) is 1.98. The molecule has 2 aromatic carbocycles. The number of rotatable bonds is 4. The summed E-state index contributed by atoms with van der Waals surface area (Å²) in [7, 11) is 1.56. The molecular formula is C15H16O4. The maximum Gasteiger partial charge on any atom is 0.308 e. The van der Waals surface area contributed by atoms with Crippen LogP contribution in [0.1, 0.15) is 13.8 Å². The maximum absolute atomic E-state index is 11.2. The largest absolute Gasteiger partial charge is 0.493 e. The van der Waals surface area contributed by atoms with E-state index in [0.29, 0.717) is 23.9 Å². The van der Waals surface area contributed by atoms with E-state index in [1.807, 2.05) is 31.2 Å². The van der Waals surface area contributed by atoms with E-state index in [4.69, 9.17) is 14.2 Å². The molecule has 0 aliphatic carbocycles. The fourth-order valence-corrected chi connectivity index (χ4v) is 1.98. The van der Waals surface area contributed by atoms with Crippen LogP contribution in [0.3, 0.4) is 0 Å². The number of carbonyl (C=O) groups is 1. The second kappa shape index (κ2) is 5.61. The van der Waals surface area contributed by atoms with Crippen LogP contribution in [0.5, 0.6) is 17.2 Å². The van der Waals surface area contributed by atoms with Crippen molar-refractivity contribution >= 4 is 16.7 Å². The number of fused-ring (bicyclic) bond motifs is 1. The minimum atomic E-state index is -0.364. The topological polar surface area (TPSA) is 44.8 Å². The average Bonchev–Trinajstić information content (AvgIpc) is 2.41. The predicted molar refractivity (Wildman–Crippen MR) is 73.0 cm³/mol. The van der Waals surface area contributed by atoms with Gasteiger partial charge in [-0.1, -0.05) is 24.3 Å². The lowest BCUT2D eigenvalue weighted by atomic mass is 10.1. The molecule has 19 heavy (non-hydrogen) atoms. The minimum Gasteiger partial charge on any atom is -0.493 e.